The number of urea groups is 1. The van der Waals surface area contributed by atoms with E-state index < -0.39 is 16.1 Å². The Kier molecular flexibility index (Phi) is 6.13. The number of hydrogen-bond donors (Lipinski definition) is 3. The molecule has 156 valence electrons. The molecule has 0 radical (unpaired) electrons. The molecule has 0 spiro atoms. The fourth-order valence-electron chi connectivity index (χ4n) is 2.64. The highest BCUT2D eigenvalue weighted by atomic mass is 32.2. The van der Waals surface area contributed by atoms with Crippen molar-refractivity contribution >= 4 is 27.4 Å². The Morgan fingerprint density at radius 3 is 2.48 bits per heavy atom. The van der Waals surface area contributed by atoms with Crippen LogP contribution in [0.5, 0.6) is 0 Å². The van der Waals surface area contributed by atoms with Crippen LogP contribution in [0.3, 0.4) is 0 Å². The Morgan fingerprint density at radius 1 is 1.03 bits per heavy atom. The van der Waals surface area contributed by atoms with Crippen LogP contribution in [0, 0.1) is 13.8 Å². The molecule has 7 nitrogen and oxygen atoms in total. The molecule has 3 rings (SSSR count). The molecule has 0 saturated heterocycles. The topological polar surface area (TPSA) is 100 Å². The number of hydrogen-bond acceptors (Lipinski definition) is 4. The van der Waals surface area contributed by atoms with Gasteiger partial charge in [0, 0.05) is 28.9 Å². The van der Waals surface area contributed by atoms with Gasteiger partial charge in [-0.1, -0.05) is 18.2 Å². The van der Waals surface area contributed by atoms with E-state index >= 15 is 0 Å². The van der Waals surface area contributed by atoms with Gasteiger partial charge in [0.2, 0.25) is 0 Å². The number of aryl methyl sites for hydroxylation is 1. The molecular formula is C21H28N4O3S. The second kappa shape index (κ2) is 8.74. The lowest BCUT2D eigenvalue weighted by Gasteiger charge is -2.13. The lowest BCUT2D eigenvalue weighted by atomic mass is 10.1. The highest BCUT2D eigenvalue weighted by Gasteiger charge is 2.16. The van der Waals surface area contributed by atoms with Crippen molar-refractivity contribution in [3.05, 3.63) is 83.7 Å². The van der Waals surface area contributed by atoms with Crippen molar-refractivity contribution in [2.45, 2.75) is 25.3 Å². The minimum Gasteiger partial charge on any atom is -0.334 e. The number of benzene rings is 2. The summed E-state index contributed by atoms with van der Waals surface area (Å²) in [6.07, 6.45) is 3.33. The van der Waals surface area contributed by atoms with Gasteiger partial charge in [0.25, 0.3) is 10.0 Å². The van der Waals surface area contributed by atoms with Crippen LogP contribution < -0.4 is 15.4 Å². The van der Waals surface area contributed by atoms with Gasteiger partial charge in [0.15, 0.2) is 0 Å². The number of anilines is 2. The van der Waals surface area contributed by atoms with Gasteiger partial charge in [-0.3, -0.25) is 9.71 Å². The standard InChI is InChI=1S/C21H22N4O3S.3H2/c1-15-5-3-7-20(16(15)2)25-29(27,28)19-10-8-18(9-11-19)24-21(26)23-14-17-6-4-12-22-13-17;;;/h3-13,25H,14H2,1-2H3,(H2,23,24,26);3*1H. The number of carbonyl (C=O) groups excluding carboxylic acids is 1. The fraction of sp³-hybridized carbons (Fsp3) is 0.143. The van der Waals surface area contributed by atoms with Gasteiger partial charge >= 0.3 is 6.03 Å². The van der Waals surface area contributed by atoms with Crippen LogP contribution in [0.1, 0.15) is 21.0 Å². The molecule has 0 aliphatic rings. The molecule has 3 aromatic rings. The predicted molar refractivity (Wildman–Crippen MR) is 120 cm³/mol. The first-order valence-corrected chi connectivity index (χ1v) is 10.5. The molecular weight excluding hydrogens is 388 g/mol. The summed E-state index contributed by atoms with van der Waals surface area (Å²) in [7, 11) is -3.73. The zero-order chi connectivity index (χ0) is 20.9. The largest absolute Gasteiger partial charge is 0.334 e. The summed E-state index contributed by atoms with van der Waals surface area (Å²) in [5, 5.41) is 5.39. The first kappa shape index (κ1) is 20.3. The van der Waals surface area contributed by atoms with Crippen LogP contribution in [0.15, 0.2) is 71.9 Å². The van der Waals surface area contributed by atoms with Crippen molar-refractivity contribution in [2.75, 3.05) is 10.0 Å². The molecule has 29 heavy (non-hydrogen) atoms. The van der Waals surface area contributed by atoms with Crippen LogP contribution in [-0.2, 0) is 16.6 Å². The molecule has 0 aliphatic carbocycles. The number of amides is 2. The van der Waals surface area contributed by atoms with Gasteiger partial charge in [-0.05, 0) is 66.9 Å². The van der Waals surface area contributed by atoms with E-state index in [1.807, 2.05) is 26.0 Å². The third-order valence-electron chi connectivity index (χ3n) is 4.45. The highest BCUT2D eigenvalue weighted by molar-refractivity contribution is 7.92. The molecule has 2 aromatic carbocycles. The summed E-state index contributed by atoms with van der Waals surface area (Å²) in [4.78, 5) is 16.1. The van der Waals surface area contributed by atoms with E-state index in [-0.39, 0.29) is 9.18 Å². The van der Waals surface area contributed by atoms with Crippen molar-refractivity contribution in [1.82, 2.24) is 10.3 Å². The summed E-state index contributed by atoms with van der Waals surface area (Å²) in [5.41, 5.74) is 3.78. The number of nitrogens with one attached hydrogen (secondary N) is 3. The third-order valence-corrected chi connectivity index (χ3v) is 5.83. The van der Waals surface area contributed by atoms with Crippen molar-refractivity contribution in [3.8, 4) is 0 Å². The van der Waals surface area contributed by atoms with E-state index in [1.54, 1.807) is 42.7 Å². The van der Waals surface area contributed by atoms with Gasteiger partial charge in [-0.25, -0.2) is 13.2 Å². The smallest absolute Gasteiger partial charge is 0.319 e. The second-order valence-electron chi connectivity index (χ2n) is 6.55. The fourth-order valence-corrected chi connectivity index (χ4v) is 3.77. The molecule has 0 saturated carbocycles. The van der Waals surface area contributed by atoms with Gasteiger partial charge < -0.3 is 10.6 Å². The minimum absolute atomic E-state index is 0. The molecule has 3 N–H and O–H groups in total. The Hall–Kier alpha value is -3.39. The molecule has 0 bridgehead atoms. The average Bonchev–Trinajstić information content (AvgIpc) is 2.71. The molecule has 1 aromatic heterocycles. The summed E-state index contributed by atoms with van der Waals surface area (Å²) in [5.74, 6) is 0. The van der Waals surface area contributed by atoms with E-state index in [0.717, 1.165) is 16.7 Å². The predicted octanol–water partition coefficient (Wildman–Crippen LogP) is 4.56. The van der Waals surface area contributed by atoms with Crippen molar-refractivity contribution in [3.63, 3.8) is 0 Å². The van der Waals surface area contributed by atoms with Crippen molar-refractivity contribution in [2.24, 2.45) is 0 Å². The van der Waals surface area contributed by atoms with E-state index in [9.17, 15) is 13.2 Å². The number of aromatic nitrogens is 1. The maximum atomic E-state index is 12.6. The Bertz CT molecular complexity index is 1110. The van der Waals surface area contributed by atoms with Crippen LogP contribution in [0.2, 0.25) is 0 Å². The zero-order valence-electron chi connectivity index (χ0n) is 16.1. The summed E-state index contributed by atoms with van der Waals surface area (Å²) < 4.78 is 27.9. The van der Waals surface area contributed by atoms with Crippen LogP contribution in [0.25, 0.3) is 0 Å². The maximum Gasteiger partial charge on any atom is 0.319 e. The van der Waals surface area contributed by atoms with Gasteiger partial charge in [-0.15, -0.1) is 0 Å². The molecule has 0 atom stereocenters. The molecule has 1 heterocycles. The summed E-state index contributed by atoms with van der Waals surface area (Å²) in [6, 6.07) is 14.7. The third kappa shape index (κ3) is 5.32. The van der Waals surface area contributed by atoms with Crippen molar-refractivity contribution in [1.29, 1.82) is 0 Å². The quantitative estimate of drug-likeness (QED) is 0.548. The number of pyridine rings is 1. The lowest BCUT2D eigenvalue weighted by Crippen LogP contribution is -2.28. The Morgan fingerprint density at radius 2 is 1.79 bits per heavy atom. The van der Waals surface area contributed by atoms with Gasteiger partial charge in [0.1, 0.15) is 0 Å². The van der Waals surface area contributed by atoms with Gasteiger partial charge in [0.05, 0.1) is 10.6 Å². The van der Waals surface area contributed by atoms with Crippen LogP contribution in [-0.4, -0.2) is 19.4 Å². The molecule has 8 heteroatoms. The van der Waals surface area contributed by atoms with E-state index in [4.69, 9.17) is 0 Å². The van der Waals surface area contributed by atoms with E-state index in [1.165, 1.54) is 12.1 Å². The summed E-state index contributed by atoms with van der Waals surface area (Å²) in [6.45, 7) is 4.13. The number of rotatable bonds is 6. The maximum absolute atomic E-state index is 12.6. The van der Waals surface area contributed by atoms with Crippen LogP contribution in [0.4, 0.5) is 16.2 Å². The summed E-state index contributed by atoms with van der Waals surface area (Å²) >= 11 is 0. The molecule has 2 amide bonds. The second-order valence-corrected chi connectivity index (χ2v) is 8.23. The number of nitrogens with zero attached hydrogens (tertiary/aromatic N) is 1. The van der Waals surface area contributed by atoms with Crippen LogP contribution >= 0.6 is 0 Å². The molecule has 0 aliphatic heterocycles. The SMILES string of the molecule is Cc1cccc(NS(=O)(=O)c2ccc(NC(=O)NCc3cccnc3)cc2)c1C.[HH].[HH].[HH]. The Balaban J connectivity index is 0.00000320. The number of sulfonamides is 1. The number of carbonyl (C=O) groups is 1. The van der Waals surface area contributed by atoms with E-state index in [0.29, 0.717) is 17.9 Å². The molecule has 0 unspecified atom stereocenters. The van der Waals surface area contributed by atoms with Crippen molar-refractivity contribution < 1.29 is 17.5 Å². The Labute approximate surface area is 174 Å². The average molecular weight is 417 g/mol. The normalized spacial score (nSPS) is 11.0. The first-order valence-electron chi connectivity index (χ1n) is 8.98. The minimum atomic E-state index is -3.73. The highest BCUT2D eigenvalue weighted by Crippen LogP contribution is 2.22. The molecule has 0 fully saturated rings. The van der Waals surface area contributed by atoms with Gasteiger partial charge in [-0.2, -0.15) is 0 Å². The zero-order valence-corrected chi connectivity index (χ0v) is 17.0. The van der Waals surface area contributed by atoms with E-state index in [2.05, 4.69) is 20.3 Å². The lowest BCUT2D eigenvalue weighted by molar-refractivity contribution is 0.251. The first-order chi connectivity index (χ1) is 13.8. The monoisotopic (exact) mass is 416 g/mol.